The smallest absolute Gasteiger partial charge is 0.253 e. The lowest BCUT2D eigenvalue weighted by molar-refractivity contribution is 0.0922. The summed E-state index contributed by atoms with van der Waals surface area (Å²) in [5.41, 5.74) is 6.60. The molecule has 1 aromatic rings. The quantitative estimate of drug-likeness (QED) is 0.790. The molecule has 1 rings (SSSR count). The lowest BCUT2D eigenvalue weighted by atomic mass is 9.89. The summed E-state index contributed by atoms with van der Waals surface area (Å²) in [6.45, 7) is 5.40. The molecule has 0 fully saturated rings. The number of carbonyl (C=O) groups excluding carboxylic acids is 1. The van der Waals surface area contributed by atoms with E-state index in [-0.39, 0.29) is 11.3 Å². The summed E-state index contributed by atoms with van der Waals surface area (Å²) in [7, 11) is 1.67. The Kier molecular flexibility index (Phi) is 5.63. The normalized spacial score (nSPS) is 11.4. The number of methoxy groups -OCH3 is 1. The van der Waals surface area contributed by atoms with Gasteiger partial charge in [0, 0.05) is 31.0 Å². The van der Waals surface area contributed by atoms with Gasteiger partial charge in [0.25, 0.3) is 5.91 Å². The molecule has 0 unspecified atom stereocenters. The maximum absolute atomic E-state index is 12.0. The Bertz CT molecular complexity index is 447. The van der Waals surface area contributed by atoms with Gasteiger partial charge in [0.1, 0.15) is 0 Å². The minimum atomic E-state index is -0.181. The molecule has 0 heterocycles. The van der Waals surface area contributed by atoms with E-state index in [4.69, 9.17) is 22.1 Å². The highest BCUT2D eigenvalue weighted by Gasteiger charge is 2.19. The second kappa shape index (κ2) is 6.78. The van der Waals surface area contributed by atoms with Crippen molar-refractivity contribution in [3.63, 3.8) is 0 Å². The molecule has 0 aliphatic heterocycles. The number of nitrogens with two attached hydrogens (primary N) is 1. The lowest BCUT2D eigenvalue weighted by Gasteiger charge is -2.24. The summed E-state index contributed by atoms with van der Waals surface area (Å²) in [6, 6.07) is 4.87. The van der Waals surface area contributed by atoms with Crippen LogP contribution in [0.15, 0.2) is 18.2 Å². The highest BCUT2D eigenvalue weighted by atomic mass is 35.5. The van der Waals surface area contributed by atoms with Gasteiger partial charge >= 0.3 is 0 Å². The SMILES string of the molecule is COCCC(C)(C)CNC(=O)c1ccc(Cl)cc1N. The lowest BCUT2D eigenvalue weighted by Crippen LogP contribution is -2.35. The first kappa shape index (κ1) is 15.8. The van der Waals surface area contributed by atoms with Crippen LogP contribution in [0.3, 0.4) is 0 Å². The molecule has 0 saturated carbocycles. The van der Waals surface area contributed by atoms with Gasteiger partial charge in [-0.2, -0.15) is 0 Å². The molecule has 1 amide bonds. The van der Waals surface area contributed by atoms with Gasteiger partial charge in [-0.05, 0) is 30.0 Å². The molecule has 19 heavy (non-hydrogen) atoms. The van der Waals surface area contributed by atoms with Crippen molar-refractivity contribution >= 4 is 23.2 Å². The van der Waals surface area contributed by atoms with E-state index >= 15 is 0 Å². The number of benzene rings is 1. The first-order chi connectivity index (χ1) is 8.85. The largest absolute Gasteiger partial charge is 0.398 e. The minimum Gasteiger partial charge on any atom is -0.398 e. The molecule has 0 atom stereocenters. The van der Waals surface area contributed by atoms with E-state index in [1.807, 2.05) is 0 Å². The number of nitrogens with one attached hydrogen (secondary N) is 1. The van der Waals surface area contributed by atoms with Crippen molar-refractivity contribution in [2.45, 2.75) is 20.3 Å². The van der Waals surface area contributed by atoms with Crippen LogP contribution in [-0.4, -0.2) is 26.2 Å². The maximum Gasteiger partial charge on any atom is 0.253 e. The standard InChI is InChI=1S/C14H21ClN2O2/c1-14(2,6-7-19-3)9-17-13(18)11-5-4-10(15)8-12(11)16/h4-5,8H,6-7,9,16H2,1-3H3,(H,17,18). The number of rotatable bonds is 6. The number of anilines is 1. The van der Waals surface area contributed by atoms with Crippen LogP contribution >= 0.6 is 11.6 Å². The van der Waals surface area contributed by atoms with Crippen molar-refractivity contribution in [3.05, 3.63) is 28.8 Å². The van der Waals surface area contributed by atoms with Crippen molar-refractivity contribution in [1.29, 1.82) is 0 Å². The van der Waals surface area contributed by atoms with Gasteiger partial charge in [-0.15, -0.1) is 0 Å². The third-order valence-electron chi connectivity index (χ3n) is 2.97. The van der Waals surface area contributed by atoms with Crippen molar-refractivity contribution in [1.82, 2.24) is 5.32 Å². The van der Waals surface area contributed by atoms with Gasteiger partial charge in [-0.1, -0.05) is 25.4 Å². The Hall–Kier alpha value is -1.26. The third kappa shape index (κ3) is 5.09. The van der Waals surface area contributed by atoms with E-state index in [1.54, 1.807) is 25.3 Å². The summed E-state index contributed by atoms with van der Waals surface area (Å²) < 4.78 is 5.05. The molecule has 0 bridgehead atoms. The topological polar surface area (TPSA) is 64.3 Å². The molecule has 4 nitrogen and oxygen atoms in total. The fourth-order valence-corrected chi connectivity index (χ4v) is 1.80. The molecule has 1 aromatic carbocycles. The minimum absolute atomic E-state index is 0.0210. The van der Waals surface area contributed by atoms with Crippen LogP contribution in [0.1, 0.15) is 30.6 Å². The number of hydrogen-bond acceptors (Lipinski definition) is 3. The molecule has 3 N–H and O–H groups in total. The molecule has 0 aliphatic rings. The van der Waals surface area contributed by atoms with Gasteiger partial charge in [-0.25, -0.2) is 0 Å². The van der Waals surface area contributed by atoms with Crippen LogP contribution in [0.4, 0.5) is 5.69 Å². The molecule has 0 saturated heterocycles. The van der Waals surface area contributed by atoms with Crippen LogP contribution in [0.2, 0.25) is 5.02 Å². The zero-order valence-corrected chi connectivity index (χ0v) is 12.4. The van der Waals surface area contributed by atoms with Gasteiger partial charge < -0.3 is 15.8 Å². The molecule has 0 radical (unpaired) electrons. The van der Waals surface area contributed by atoms with Crippen LogP contribution < -0.4 is 11.1 Å². The summed E-state index contributed by atoms with van der Waals surface area (Å²) in [6.07, 6.45) is 0.875. The van der Waals surface area contributed by atoms with E-state index in [1.165, 1.54) is 0 Å². The van der Waals surface area contributed by atoms with Crippen molar-refractivity contribution in [3.8, 4) is 0 Å². The zero-order valence-electron chi connectivity index (χ0n) is 11.6. The van der Waals surface area contributed by atoms with E-state index in [0.29, 0.717) is 29.4 Å². The van der Waals surface area contributed by atoms with Crippen LogP contribution in [0.25, 0.3) is 0 Å². The maximum atomic E-state index is 12.0. The number of halogens is 1. The number of nitrogen functional groups attached to an aromatic ring is 1. The molecule has 0 aromatic heterocycles. The first-order valence-corrected chi connectivity index (χ1v) is 6.56. The second-order valence-electron chi connectivity index (χ2n) is 5.32. The van der Waals surface area contributed by atoms with Crippen molar-refractivity contribution < 1.29 is 9.53 Å². The summed E-state index contributed by atoms with van der Waals surface area (Å²) in [4.78, 5) is 12.0. The Balaban J connectivity index is 2.60. The first-order valence-electron chi connectivity index (χ1n) is 6.18. The average Bonchev–Trinajstić information content (AvgIpc) is 2.34. The zero-order chi connectivity index (χ0) is 14.5. The summed E-state index contributed by atoms with van der Waals surface area (Å²) in [5.74, 6) is -0.181. The summed E-state index contributed by atoms with van der Waals surface area (Å²) in [5, 5.41) is 3.41. The van der Waals surface area contributed by atoms with Gasteiger partial charge in [-0.3, -0.25) is 4.79 Å². The Morgan fingerprint density at radius 2 is 2.16 bits per heavy atom. The van der Waals surface area contributed by atoms with Gasteiger partial charge in [0.2, 0.25) is 0 Å². The van der Waals surface area contributed by atoms with Crippen molar-refractivity contribution in [2.75, 3.05) is 26.0 Å². The number of amides is 1. The highest BCUT2D eigenvalue weighted by molar-refractivity contribution is 6.31. The monoisotopic (exact) mass is 284 g/mol. The number of carbonyl (C=O) groups is 1. The molecule has 0 spiro atoms. The Morgan fingerprint density at radius 3 is 2.74 bits per heavy atom. The highest BCUT2D eigenvalue weighted by Crippen LogP contribution is 2.21. The average molecular weight is 285 g/mol. The molecular formula is C14H21ClN2O2. The van der Waals surface area contributed by atoms with Gasteiger partial charge in [0.15, 0.2) is 0 Å². The summed E-state index contributed by atoms with van der Waals surface area (Å²) >= 11 is 5.80. The predicted octanol–water partition coefficient (Wildman–Crippen LogP) is 2.71. The Morgan fingerprint density at radius 1 is 1.47 bits per heavy atom. The fourth-order valence-electron chi connectivity index (χ4n) is 1.62. The molecule has 5 heteroatoms. The van der Waals surface area contributed by atoms with E-state index in [2.05, 4.69) is 19.2 Å². The van der Waals surface area contributed by atoms with Crippen molar-refractivity contribution in [2.24, 2.45) is 5.41 Å². The van der Waals surface area contributed by atoms with Crippen LogP contribution in [0.5, 0.6) is 0 Å². The number of ether oxygens (including phenoxy) is 1. The number of hydrogen-bond donors (Lipinski definition) is 2. The second-order valence-corrected chi connectivity index (χ2v) is 5.76. The molecule has 0 aliphatic carbocycles. The molecule has 106 valence electrons. The Labute approximate surface area is 119 Å². The fraction of sp³-hybridized carbons (Fsp3) is 0.500. The van der Waals surface area contributed by atoms with Crippen LogP contribution in [-0.2, 0) is 4.74 Å². The molecular weight excluding hydrogens is 264 g/mol. The predicted molar refractivity (Wildman–Crippen MR) is 78.5 cm³/mol. The van der Waals surface area contributed by atoms with E-state index < -0.39 is 0 Å². The van der Waals surface area contributed by atoms with E-state index in [0.717, 1.165) is 6.42 Å². The van der Waals surface area contributed by atoms with Gasteiger partial charge in [0.05, 0.1) is 5.56 Å². The van der Waals surface area contributed by atoms with Crippen LogP contribution in [0, 0.1) is 5.41 Å². The van der Waals surface area contributed by atoms with E-state index in [9.17, 15) is 4.79 Å². The third-order valence-corrected chi connectivity index (χ3v) is 3.20.